The van der Waals surface area contributed by atoms with Crippen LogP contribution in [-0.4, -0.2) is 27.0 Å². The molecule has 0 saturated heterocycles. The lowest BCUT2D eigenvalue weighted by Crippen LogP contribution is -2.18. The van der Waals surface area contributed by atoms with Crippen molar-refractivity contribution in [3.05, 3.63) is 11.3 Å². The number of oxime groups is 1. The number of aryl methyl sites for hydroxylation is 1. The monoisotopic (exact) mass is 341 g/mol. The Morgan fingerprint density at radius 1 is 1.36 bits per heavy atom. The van der Waals surface area contributed by atoms with Gasteiger partial charge in [0.15, 0.2) is 0 Å². The van der Waals surface area contributed by atoms with Crippen molar-refractivity contribution >= 4 is 16.8 Å². The number of halogens is 4. The zero-order valence-electron chi connectivity index (χ0n) is 12.1. The quantitative estimate of drug-likeness (QED) is 0.766. The Kier molecular flexibility index (Phi) is 4.88. The molecule has 0 bridgehead atoms. The first kappa shape index (κ1) is 16.9. The molecule has 0 atom stereocenters. The molecular formula is C12H15F4N3O2S. The fraction of sp³-hybridized carbons (Fsp3) is 0.667. The fourth-order valence-corrected chi connectivity index (χ4v) is 3.07. The molecule has 0 N–H and O–H groups in total. The van der Waals surface area contributed by atoms with Crippen LogP contribution >= 0.6 is 11.8 Å². The highest BCUT2D eigenvalue weighted by Crippen LogP contribution is 2.35. The van der Waals surface area contributed by atoms with Crippen molar-refractivity contribution in [2.75, 3.05) is 0 Å². The summed E-state index contributed by atoms with van der Waals surface area (Å²) >= 11 is 1.14. The number of thioether (sulfide) groups is 1. The second-order valence-corrected chi connectivity index (χ2v) is 6.32. The summed E-state index contributed by atoms with van der Waals surface area (Å²) in [6.45, 7) is 0.560. The topological polar surface area (TPSA) is 48.6 Å². The first-order valence-electron chi connectivity index (χ1n) is 6.36. The summed E-state index contributed by atoms with van der Waals surface area (Å²) in [5, 5.41) is 8.02. The molecule has 1 aromatic heterocycles. The lowest BCUT2D eigenvalue weighted by Gasteiger charge is -2.13. The third kappa shape index (κ3) is 3.84. The van der Waals surface area contributed by atoms with Gasteiger partial charge < -0.3 is 9.57 Å². The maximum absolute atomic E-state index is 13.0. The van der Waals surface area contributed by atoms with Gasteiger partial charge in [0.05, 0.1) is 5.56 Å². The summed E-state index contributed by atoms with van der Waals surface area (Å²) in [7, 11) is 1.27. The van der Waals surface area contributed by atoms with Crippen LogP contribution in [-0.2, 0) is 17.6 Å². The number of hydrogen-bond donors (Lipinski definition) is 0. The standard InChI is InChI=1S/C12H15F4N3O2S/c1-12(2)4-7(18-21-12)22-5-6-8(9(13)14)17-19(3)10(6)20-11(15)16/h9,11H,4-5H2,1-3H3. The highest BCUT2D eigenvalue weighted by molar-refractivity contribution is 8.13. The molecule has 22 heavy (non-hydrogen) atoms. The molecule has 0 saturated carbocycles. The molecule has 10 heteroatoms. The molecule has 0 spiro atoms. The highest BCUT2D eigenvalue weighted by Gasteiger charge is 2.31. The Hall–Kier alpha value is -1.45. The molecule has 2 rings (SSSR count). The van der Waals surface area contributed by atoms with E-state index >= 15 is 0 Å². The maximum atomic E-state index is 13.0. The number of aromatic nitrogens is 2. The number of hydrogen-bond acceptors (Lipinski definition) is 5. The van der Waals surface area contributed by atoms with E-state index < -0.39 is 24.3 Å². The molecule has 2 heterocycles. The fourth-order valence-electron chi connectivity index (χ4n) is 1.95. The Balaban J connectivity index is 2.17. The molecule has 1 aliphatic rings. The average molecular weight is 341 g/mol. The van der Waals surface area contributed by atoms with Crippen molar-refractivity contribution in [2.45, 2.75) is 44.7 Å². The second-order valence-electron chi connectivity index (χ2n) is 5.27. The summed E-state index contributed by atoms with van der Waals surface area (Å²) in [6, 6.07) is 0. The molecule has 0 amide bonds. The van der Waals surface area contributed by atoms with Crippen molar-refractivity contribution in [1.82, 2.24) is 9.78 Å². The Bertz CT molecular complexity index is 575. The van der Waals surface area contributed by atoms with E-state index in [2.05, 4.69) is 15.0 Å². The van der Waals surface area contributed by atoms with Crippen LogP contribution in [0.15, 0.2) is 5.16 Å². The van der Waals surface area contributed by atoms with Gasteiger partial charge in [0.25, 0.3) is 6.43 Å². The van der Waals surface area contributed by atoms with E-state index in [1.807, 2.05) is 13.8 Å². The molecule has 0 fully saturated rings. The third-order valence-corrected chi connectivity index (χ3v) is 3.87. The zero-order valence-corrected chi connectivity index (χ0v) is 13.0. The zero-order chi connectivity index (χ0) is 16.5. The normalized spacial score (nSPS) is 17.0. The minimum absolute atomic E-state index is 0.00611. The lowest BCUT2D eigenvalue weighted by molar-refractivity contribution is -0.0558. The minimum Gasteiger partial charge on any atom is -0.417 e. The third-order valence-electron chi connectivity index (χ3n) is 2.88. The minimum atomic E-state index is -3.12. The predicted molar refractivity (Wildman–Crippen MR) is 73.3 cm³/mol. The summed E-state index contributed by atoms with van der Waals surface area (Å²) in [5.74, 6) is -0.370. The van der Waals surface area contributed by atoms with Gasteiger partial charge in [-0.1, -0.05) is 5.16 Å². The molecule has 1 aromatic rings. The van der Waals surface area contributed by atoms with Crippen LogP contribution in [0.3, 0.4) is 0 Å². The van der Waals surface area contributed by atoms with Gasteiger partial charge in [0.1, 0.15) is 16.3 Å². The molecule has 124 valence electrons. The van der Waals surface area contributed by atoms with Crippen LogP contribution < -0.4 is 4.74 Å². The Morgan fingerprint density at radius 2 is 2.05 bits per heavy atom. The van der Waals surface area contributed by atoms with Crippen LogP contribution in [0, 0.1) is 0 Å². The average Bonchev–Trinajstić information content (AvgIpc) is 2.88. The smallest absolute Gasteiger partial charge is 0.388 e. The number of nitrogens with zero attached hydrogens (tertiary/aromatic N) is 3. The predicted octanol–water partition coefficient (Wildman–Crippen LogP) is 3.70. The summed E-state index contributed by atoms with van der Waals surface area (Å²) < 4.78 is 56.1. The van der Waals surface area contributed by atoms with Gasteiger partial charge in [-0.3, -0.25) is 0 Å². The van der Waals surface area contributed by atoms with Gasteiger partial charge in [-0.15, -0.1) is 11.8 Å². The number of rotatable bonds is 5. The molecule has 0 aromatic carbocycles. The summed E-state index contributed by atoms with van der Waals surface area (Å²) in [5.41, 5.74) is -1.08. The van der Waals surface area contributed by atoms with E-state index in [1.165, 1.54) is 7.05 Å². The van der Waals surface area contributed by atoms with Gasteiger partial charge in [-0.05, 0) is 13.8 Å². The SMILES string of the molecule is Cn1nc(C(F)F)c(CSC2=NOC(C)(C)C2)c1OC(F)F. The lowest BCUT2D eigenvalue weighted by atomic mass is 10.1. The van der Waals surface area contributed by atoms with Crippen LogP contribution in [0.5, 0.6) is 5.88 Å². The van der Waals surface area contributed by atoms with E-state index in [9.17, 15) is 17.6 Å². The van der Waals surface area contributed by atoms with E-state index in [1.54, 1.807) is 0 Å². The van der Waals surface area contributed by atoms with Crippen LogP contribution in [0.25, 0.3) is 0 Å². The first-order chi connectivity index (χ1) is 10.2. The van der Waals surface area contributed by atoms with Gasteiger partial charge in [-0.2, -0.15) is 13.9 Å². The molecular weight excluding hydrogens is 326 g/mol. The molecule has 0 aliphatic carbocycles. The molecule has 5 nitrogen and oxygen atoms in total. The van der Waals surface area contributed by atoms with Crippen molar-refractivity contribution in [3.8, 4) is 5.88 Å². The molecule has 1 aliphatic heterocycles. The van der Waals surface area contributed by atoms with Gasteiger partial charge in [-0.25, -0.2) is 13.5 Å². The Labute approximate surface area is 128 Å². The van der Waals surface area contributed by atoms with Crippen molar-refractivity contribution < 1.29 is 27.1 Å². The maximum Gasteiger partial charge on any atom is 0.388 e. The van der Waals surface area contributed by atoms with Crippen LogP contribution in [0.4, 0.5) is 17.6 Å². The second kappa shape index (κ2) is 6.35. The van der Waals surface area contributed by atoms with Crippen LogP contribution in [0.1, 0.15) is 38.0 Å². The summed E-state index contributed by atoms with van der Waals surface area (Å²) in [4.78, 5) is 5.17. The van der Waals surface area contributed by atoms with Gasteiger partial charge >= 0.3 is 6.61 Å². The molecule has 0 radical (unpaired) electrons. The highest BCUT2D eigenvalue weighted by atomic mass is 32.2. The largest absolute Gasteiger partial charge is 0.417 e. The Morgan fingerprint density at radius 3 is 2.55 bits per heavy atom. The van der Waals surface area contributed by atoms with Crippen LogP contribution in [0.2, 0.25) is 0 Å². The van der Waals surface area contributed by atoms with E-state index in [4.69, 9.17) is 4.84 Å². The van der Waals surface area contributed by atoms with Crippen molar-refractivity contribution in [2.24, 2.45) is 12.2 Å². The number of ether oxygens (including phenoxy) is 1. The molecule has 0 unspecified atom stereocenters. The van der Waals surface area contributed by atoms with E-state index in [0.717, 1.165) is 16.4 Å². The van der Waals surface area contributed by atoms with Crippen molar-refractivity contribution in [1.29, 1.82) is 0 Å². The summed E-state index contributed by atoms with van der Waals surface area (Å²) in [6.07, 6.45) is -2.36. The van der Waals surface area contributed by atoms with Gasteiger partial charge in [0.2, 0.25) is 5.88 Å². The number of alkyl halides is 4. The van der Waals surface area contributed by atoms with E-state index in [-0.39, 0.29) is 17.2 Å². The van der Waals surface area contributed by atoms with E-state index in [0.29, 0.717) is 11.5 Å². The first-order valence-corrected chi connectivity index (χ1v) is 7.35. The van der Waals surface area contributed by atoms with Crippen molar-refractivity contribution in [3.63, 3.8) is 0 Å². The van der Waals surface area contributed by atoms with Gasteiger partial charge in [0, 0.05) is 19.2 Å².